The minimum atomic E-state index is -4.48. The third-order valence-electron chi connectivity index (χ3n) is 4.46. The van der Waals surface area contributed by atoms with E-state index in [0.717, 1.165) is 12.1 Å². The second kappa shape index (κ2) is 7.88. The fourth-order valence-electron chi connectivity index (χ4n) is 2.96. The molecule has 0 aromatic heterocycles. The molecule has 1 fully saturated rings. The zero-order chi connectivity index (χ0) is 20.4. The second-order valence-corrected chi connectivity index (χ2v) is 7.82. The third-order valence-corrected chi connectivity index (χ3v) is 4.46. The van der Waals surface area contributed by atoms with Crippen molar-refractivity contribution in [1.29, 1.82) is 0 Å². The summed E-state index contributed by atoms with van der Waals surface area (Å²) in [5.74, 6) is -0.507. The van der Waals surface area contributed by atoms with E-state index in [2.05, 4.69) is 5.32 Å². The van der Waals surface area contributed by atoms with Gasteiger partial charge in [-0.25, -0.2) is 0 Å². The van der Waals surface area contributed by atoms with Crippen LogP contribution in [0.2, 0.25) is 0 Å². The molecule has 150 valence electrons. The SMILES string of the molecule is C[C@@H](C(=O)NC(C)(C)C)N1CCN(C(=O)c2cccc(C(F)(F)F)c2)CC1. The van der Waals surface area contributed by atoms with E-state index >= 15 is 0 Å². The Bertz CT molecular complexity index is 690. The van der Waals surface area contributed by atoms with Crippen LogP contribution in [0.5, 0.6) is 0 Å². The van der Waals surface area contributed by atoms with Crippen LogP contribution in [0, 0.1) is 0 Å². The third kappa shape index (κ3) is 5.69. The molecule has 5 nitrogen and oxygen atoms in total. The van der Waals surface area contributed by atoms with Gasteiger partial charge in [0.1, 0.15) is 0 Å². The fourth-order valence-corrected chi connectivity index (χ4v) is 2.96. The molecule has 1 atom stereocenters. The molecule has 1 aliphatic heterocycles. The number of hydrogen-bond acceptors (Lipinski definition) is 3. The summed E-state index contributed by atoms with van der Waals surface area (Å²) < 4.78 is 38.5. The molecule has 2 rings (SSSR count). The molecule has 0 bridgehead atoms. The van der Waals surface area contributed by atoms with Crippen LogP contribution in [0.4, 0.5) is 13.2 Å². The molecule has 1 aromatic carbocycles. The van der Waals surface area contributed by atoms with Gasteiger partial charge in [-0.2, -0.15) is 13.2 Å². The number of nitrogens with zero attached hydrogens (tertiary/aromatic N) is 2. The lowest BCUT2D eigenvalue weighted by Crippen LogP contribution is -2.56. The number of piperazine rings is 1. The molecular weight excluding hydrogens is 359 g/mol. The summed E-state index contributed by atoms with van der Waals surface area (Å²) in [5.41, 5.74) is -1.14. The summed E-state index contributed by atoms with van der Waals surface area (Å²) in [6.07, 6.45) is -4.48. The van der Waals surface area contributed by atoms with Gasteiger partial charge in [-0.15, -0.1) is 0 Å². The van der Waals surface area contributed by atoms with Gasteiger partial charge >= 0.3 is 6.18 Å². The van der Waals surface area contributed by atoms with Crippen LogP contribution < -0.4 is 5.32 Å². The Hall–Kier alpha value is -2.09. The van der Waals surface area contributed by atoms with Crippen LogP contribution in [-0.4, -0.2) is 59.4 Å². The number of nitrogens with one attached hydrogen (secondary N) is 1. The van der Waals surface area contributed by atoms with Crippen LogP contribution in [-0.2, 0) is 11.0 Å². The maximum absolute atomic E-state index is 12.8. The van der Waals surface area contributed by atoms with E-state index in [4.69, 9.17) is 0 Å². The summed E-state index contributed by atoms with van der Waals surface area (Å²) >= 11 is 0. The zero-order valence-electron chi connectivity index (χ0n) is 16.1. The topological polar surface area (TPSA) is 52.7 Å². The first kappa shape index (κ1) is 21.2. The number of carbonyl (C=O) groups excluding carboxylic acids is 2. The quantitative estimate of drug-likeness (QED) is 0.871. The molecule has 1 heterocycles. The smallest absolute Gasteiger partial charge is 0.350 e. The van der Waals surface area contributed by atoms with Crippen molar-refractivity contribution in [1.82, 2.24) is 15.1 Å². The Morgan fingerprint density at radius 3 is 2.19 bits per heavy atom. The zero-order valence-corrected chi connectivity index (χ0v) is 16.1. The van der Waals surface area contributed by atoms with Gasteiger partial charge in [-0.05, 0) is 45.9 Å². The van der Waals surface area contributed by atoms with Crippen LogP contribution in [0.3, 0.4) is 0 Å². The number of carbonyl (C=O) groups is 2. The highest BCUT2D eigenvalue weighted by atomic mass is 19.4. The van der Waals surface area contributed by atoms with Crippen LogP contribution in [0.25, 0.3) is 0 Å². The molecule has 1 N–H and O–H groups in total. The van der Waals surface area contributed by atoms with Crippen molar-refractivity contribution in [3.63, 3.8) is 0 Å². The second-order valence-electron chi connectivity index (χ2n) is 7.82. The Labute approximate surface area is 157 Å². The summed E-state index contributed by atoms with van der Waals surface area (Å²) in [5, 5.41) is 2.93. The molecular formula is C19H26F3N3O2. The molecule has 8 heteroatoms. The molecule has 2 amide bonds. The fraction of sp³-hybridized carbons (Fsp3) is 0.579. The van der Waals surface area contributed by atoms with Gasteiger partial charge in [-0.3, -0.25) is 14.5 Å². The van der Waals surface area contributed by atoms with Crippen molar-refractivity contribution in [3.05, 3.63) is 35.4 Å². The monoisotopic (exact) mass is 385 g/mol. The average molecular weight is 385 g/mol. The molecule has 1 aromatic rings. The highest BCUT2D eigenvalue weighted by molar-refractivity contribution is 5.94. The Kier molecular flexibility index (Phi) is 6.19. The number of benzene rings is 1. The average Bonchev–Trinajstić information content (AvgIpc) is 2.58. The van der Waals surface area contributed by atoms with E-state index in [1.165, 1.54) is 17.0 Å². The van der Waals surface area contributed by atoms with Crippen LogP contribution in [0.1, 0.15) is 43.6 Å². The summed E-state index contributed by atoms with van der Waals surface area (Å²) in [7, 11) is 0. The normalized spacial score (nSPS) is 17.5. The van der Waals surface area contributed by atoms with E-state index in [-0.39, 0.29) is 23.1 Å². The Morgan fingerprint density at radius 1 is 1.07 bits per heavy atom. The summed E-state index contributed by atoms with van der Waals surface area (Å²) in [6, 6.07) is 4.13. The Morgan fingerprint density at radius 2 is 1.67 bits per heavy atom. The van der Waals surface area contributed by atoms with Gasteiger partial charge in [0.05, 0.1) is 11.6 Å². The molecule has 0 unspecified atom stereocenters. The lowest BCUT2D eigenvalue weighted by Gasteiger charge is -2.38. The van der Waals surface area contributed by atoms with Crippen molar-refractivity contribution < 1.29 is 22.8 Å². The van der Waals surface area contributed by atoms with Crippen molar-refractivity contribution in [2.45, 2.75) is 45.5 Å². The number of hydrogen-bond donors (Lipinski definition) is 1. The number of amides is 2. The van der Waals surface area contributed by atoms with E-state index < -0.39 is 17.6 Å². The van der Waals surface area contributed by atoms with Crippen molar-refractivity contribution >= 4 is 11.8 Å². The first-order valence-corrected chi connectivity index (χ1v) is 8.91. The molecule has 0 spiro atoms. The number of rotatable bonds is 3. The van der Waals surface area contributed by atoms with Gasteiger partial charge in [0.2, 0.25) is 5.91 Å². The maximum Gasteiger partial charge on any atom is 0.416 e. The largest absolute Gasteiger partial charge is 0.416 e. The summed E-state index contributed by atoms with van der Waals surface area (Å²) in [6.45, 7) is 9.23. The van der Waals surface area contributed by atoms with Crippen LogP contribution >= 0.6 is 0 Å². The Balaban J connectivity index is 1.97. The van der Waals surface area contributed by atoms with Gasteiger partial charge in [0.15, 0.2) is 0 Å². The van der Waals surface area contributed by atoms with Gasteiger partial charge < -0.3 is 10.2 Å². The van der Waals surface area contributed by atoms with Gasteiger partial charge in [0.25, 0.3) is 5.91 Å². The maximum atomic E-state index is 12.8. The number of halogens is 3. The van der Waals surface area contributed by atoms with E-state index in [0.29, 0.717) is 26.2 Å². The molecule has 1 saturated heterocycles. The first-order valence-electron chi connectivity index (χ1n) is 8.91. The van der Waals surface area contributed by atoms with Crippen molar-refractivity contribution in [2.75, 3.05) is 26.2 Å². The predicted octanol–water partition coefficient (Wildman–Crippen LogP) is 2.77. The molecule has 0 aliphatic carbocycles. The molecule has 1 aliphatic rings. The van der Waals surface area contributed by atoms with Crippen molar-refractivity contribution in [2.24, 2.45) is 0 Å². The van der Waals surface area contributed by atoms with Gasteiger partial charge in [0, 0.05) is 37.3 Å². The highest BCUT2D eigenvalue weighted by Gasteiger charge is 2.32. The molecule has 27 heavy (non-hydrogen) atoms. The lowest BCUT2D eigenvalue weighted by molar-refractivity contribution is -0.137. The standard InChI is InChI=1S/C19H26F3N3O2/c1-13(16(26)23-18(2,3)4)24-8-10-25(11-9-24)17(27)14-6-5-7-15(12-14)19(20,21)22/h5-7,12-13H,8-11H2,1-4H3,(H,23,26)/t13-/m0/s1. The minimum absolute atomic E-state index is 0.0248. The number of alkyl halides is 3. The van der Waals surface area contributed by atoms with Crippen LogP contribution in [0.15, 0.2) is 24.3 Å². The predicted molar refractivity (Wildman–Crippen MR) is 96.3 cm³/mol. The first-order chi connectivity index (χ1) is 12.4. The van der Waals surface area contributed by atoms with E-state index in [1.54, 1.807) is 0 Å². The lowest BCUT2D eigenvalue weighted by atomic mass is 10.1. The van der Waals surface area contributed by atoms with Crippen molar-refractivity contribution in [3.8, 4) is 0 Å². The minimum Gasteiger partial charge on any atom is -0.350 e. The van der Waals surface area contributed by atoms with E-state index in [9.17, 15) is 22.8 Å². The van der Waals surface area contributed by atoms with E-state index in [1.807, 2.05) is 32.6 Å². The molecule has 0 radical (unpaired) electrons. The highest BCUT2D eigenvalue weighted by Crippen LogP contribution is 2.29. The summed E-state index contributed by atoms with van der Waals surface area (Å²) in [4.78, 5) is 28.3. The molecule has 0 saturated carbocycles. The van der Waals surface area contributed by atoms with Gasteiger partial charge in [-0.1, -0.05) is 6.07 Å².